The molecule has 1 aromatic heterocycles. The summed E-state index contributed by atoms with van der Waals surface area (Å²) in [5.74, 6) is 0.377. The number of hydrogen-bond acceptors (Lipinski definition) is 4. The van der Waals surface area contributed by atoms with E-state index < -0.39 is 0 Å². The standard InChI is InChI=1S/C16H25N3O2/c1-12-5-3-4-6-19(12)14-10-18(11-14)9-13-7-15(20)16(21-2)8-17-13/h7-8,12,14H,3-6,9-11H2,1-2H3,(H,17,20). The molecule has 3 rings (SSSR count). The zero-order valence-electron chi connectivity index (χ0n) is 13.0. The van der Waals surface area contributed by atoms with E-state index in [0.717, 1.165) is 31.4 Å². The molecule has 0 spiro atoms. The topological polar surface area (TPSA) is 48.6 Å². The van der Waals surface area contributed by atoms with Gasteiger partial charge in [0, 0.05) is 49.7 Å². The van der Waals surface area contributed by atoms with E-state index in [0.29, 0.717) is 11.8 Å². The third-order valence-electron chi connectivity index (χ3n) is 4.81. The maximum atomic E-state index is 11.7. The molecule has 2 fully saturated rings. The molecule has 0 saturated carbocycles. The summed E-state index contributed by atoms with van der Waals surface area (Å²) >= 11 is 0. The highest BCUT2D eigenvalue weighted by Gasteiger charge is 2.34. The Morgan fingerprint density at radius 3 is 2.86 bits per heavy atom. The highest BCUT2D eigenvalue weighted by Crippen LogP contribution is 2.25. The van der Waals surface area contributed by atoms with E-state index in [2.05, 4.69) is 21.7 Å². The molecule has 1 aromatic rings. The quantitative estimate of drug-likeness (QED) is 0.912. The van der Waals surface area contributed by atoms with Gasteiger partial charge in [0.2, 0.25) is 5.43 Å². The van der Waals surface area contributed by atoms with Gasteiger partial charge in [0.25, 0.3) is 0 Å². The molecule has 0 radical (unpaired) electrons. The first-order valence-electron chi connectivity index (χ1n) is 7.91. The lowest BCUT2D eigenvalue weighted by Gasteiger charge is -2.49. The summed E-state index contributed by atoms with van der Waals surface area (Å²) in [5.41, 5.74) is 0.916. The van der Waals surface area contributed by atoms with Crippen molar-refractivity contribution in [3.05, 3.63) is 28.2 Å². The Bertz CT molecular complexity index is 537. The SMILES string of the molecule is COc1c[nH]c(CN2CC(N3CCCCC3C)C2)cc1=O. The molecule has 2 saturated heterocycles. The molecule has 1 atom stereocenters. The number of nitrogens with zero attached hydrogens (tertiary/aromatic N) is 2. The van der Waals surface area contributed by atoms with Crippen molar-refractivity contribution >= 4 is 0 Å². The van der Waals surface area contributed by atoms with Crippen LogP contribution in [0.5, 0.6) is 5.75 Å². The molecule has 5 nitrogen and oxygen atoms in total. The number of methoxy groups -OCH3 is 1. The zero-order chi connectivity index (χ0) is 14.8. The van der Waals surface area contributed by atoms with Crippen molar-refractivity contribution in [3.8, 4) is 5.75 Å². The number of H-pyrrole nitrogens is 1. The summed E-state index contributed by atoms with van der Waals surface area (Å²) in [4.78, 5) is 19.9. The Morgan fingerprint density at radius 1 is 1.38 bits per heavy atom. The van der Waals surface area contributed by atoms with Crippen molar-refractivity contribution in [2.24, 2.45) is 0 Å². The maximum absolute atomic E-state index is 11.7. The van der Waals surface area contributed by atoms with Crippen LogP contribution in [0.4, 0.5) is 0 Å². The van der Waals surface area contributed by atoms with Crippen LogP contribution < -0.4 is 10.2 Å². The summed E-state index contributed by atoms with van der Waals surface area (Å²) < 4.78 is 4.99. The second-order valence-corrected chi connectivity index (χ2v) is 6.32. The fourth-order valence-electron chi connectivity index (χ4n) is 3.54. The Balaban J connectivity index is 1.52. The number of rotatable bonds is 4. The molecule has 2 aliphatic rings. The predicted molar refractivity (Wildman–Crippen MR) is 82.7 cm³/mol. The second-order valence-electron chi connectivity index (χ2n) is 6.32. The number of piperidine rings is 1. The van der Waals surface area contributed by atoms with Gasteiger partial charge in [-0.3, -0.25) is 14.6 Å². The molecule has 0 aliphatic carbocycles. The Morgan fingerprint density at radius 2 is 2.19 bits per heavy atom. The smallest absolute Gasteiger partial charge is 0.223 e. The van der Waals surface area contributed by atoms with Crippen LogP contribution in [0.1, 0.15) is 31.9 Å². The zero-order valence-corrected chi connectivity index (χ0v) is 13.0. The monoisotopic (exact) mass is 291 g/mol. The highest BCUT2D eigenvalue weighted by molar-refractivity contribution is 5.20. The minimum Gasteiger partial charge on any atom is -0.491 e. The van der Waals surface area contributed by atoms with Gasteiger partial charge in [-0.15, -0.1) is 0 Å². The molecule has 0 amide bonds. The second kappa shape index (κ2) is 6.20. The third-order valence-corrected chi connectivity index (χ3v) is 4.81. The number of aromatic nitrogens is 1. The van der Waals surface area contributed by atoms with Gasteiger partial charge in [-0.2, -0.15) is 0 Å². The van der Waals surface area contributed by atoms with Crippen LogP contribution in [0.2, 0.25) is 0 Å². The van der Waals surface area contributed by atoms with Crippen molar-refractivity contribution < 1.29 is 4.74 Å². The largest absolute Gasteiger partial charge is 0.491 e. The van der Waals surface area contributed by atoms with E-state index in [-0.39, 0.29) is 5.43 Å². The van der Waals surface area contributed by atoms with Gasteiger partial charge in [-0.05, 0) is 26.3 Å². The first-order valence-corrected chi connectivity index (χ1v) is 7.91. The predicted octanol–water partition coefficient (Wildman–Crippen LogP) is 1.44. The summed E-state index contributed by atoms with van der Waals surface area (Å²) in [6.07, 6.45) is 5.71. The van der Waals surface area contributed by atoms with Crippen molar-refractivity contribution in [3.63, 3.8) is 0 Å². The minimum absolute atomic E-state index is 0.0482. The molecule has 3 heterocycles. The number of ether oxygens (including phenoxy) is 1. The molecule has 21 heavy (non-hydrogen) atoms. The van der Waals surface area contributed by atoms with Crippen molar-refractivity contribution in [1.82, 2.24) is 14.8 Å². The van der Waals surface area contributed by atoms with Crippen LogP contribution in [0.3, 0.4) is 0 Å². The molecule has 5 heteroatoms. The van der Waals surface area contributed by atoms with E-state index in [9.17, 15) is 4.79 Å². The van der Waals surface area contributed by atoms with E-state index in [4.69, 9.17) is 4.74 Å². The maximum Gasteiger partial charge on any atom is 0.223 e. The third kappa shape index (κ3) is 3.14. The first-order chi connectivity index (χ1) is 10.2. The van der Waals surface area contributed by atoms with E-state index >= 15 is 0 Å². The Kier molecular flexibility index (Phi) is 4.31. The van der Waals surface area contributed by atoms with Gasteiger partial charge < -0.3 is 9.72 Å². The summed E-state index contributed by atoms with van der Waals surface area (Å²) in [6.45, 7) is 6.64. The van der Waals surface area contributed by atoms with Crippen LogP contribution in [0.15, 0.2) is 17.1 Å². The number of aromatic amines is 1. The van der Waals surface area contributed by atoms with Crippen LogP contribution in [-0.2, 0) is 6.54 Å². The van der Waals surface area contributed by atoms with Crippen LogP contribution >= 0.6 is 0 Å². The Hall–Kier alpha value is -1.33. The van der Waals surface area contributed by atoms with E-state index in [1.807, 2.05) is 0 Å². The number of pyridine rings is 1. The van der Waals surface area contributed by atoms with Gasteiger partial charge >= 0.3 is 0 Å². The fraction of sp³-hybridized carbons (Fsp3) is 0.688. The average Bonchev–Trinajstić information content (AvgIpc) is 2.44. The van der Waals surface area contributed by atoms with Gasteiger partial charge in [-0.1, -0.05) is 6.42 Å². The summed E-state index contributed by atoms with van der Waals surface area (Å²) in [7, 11) is 1.52. The molecule has 0 aromatic carbocycles. The molecule has 1 unspecified atom stereocenters. The van der Waals surface area contributed by atoms with Crippen molar-refractivity contribution in [1.29, 1.82) is 0 Å². The fourth-order valence-corrected chi connectivity index (χ4v) is 3.54. The number of likely N-dealkylation sites (tertiary alicyclic amines) is 2. The van der Waals surface area contributed by atoms with Crippen LogP contribution in [-0.4, -0.2) is 53.6 Å². The minimum atomic E-state index is -0.0482. The van der Waals surface area contributed by atoms with E-state index in [1.54, 1.807) is 12.3 Å². The van der Waals surface area contributed by atoms with Gasteiger partial charge in [0.1, 0.15) is 0 Å². The van der Waals surface area contributed by atoms with E-state index in [1.165, 1.54) is 32.9 Å². The molecule has 0 bridgehead atoms. The normalized spacial score (nSPS) is 24.8. The average molecular weight is 291 g/mol. The van der Waals surface area contributed by atoms with Crippen molar-refractivity contribution in [2.45, 2.75) is 44.8 Å². The van der Waals surface area contributed by atoms with Crippen molar-refractivity contribution in [2.75, 3.05) is 26.7 Å². The molecule has 2 aliphatic heterocycles. The molecular formula is C16H25N3O2. The highest BCUT2D eigenvalue weighted by atomic mass is 16.5. The summed E-state index contributed by atoms with van der Waals surface area (Å²) in [5, 5.41) is 0. The lowest BCUT2D eigenvalue weighted by molar-refractivity contribution is -0.00676. The van der Waals surface area contributed by atoms with Crippen LogP contribution in [0, 0.1) is 0 Å². The Labute approximate surface area is 125 Å². The first kappa shape index (κ1) is 14.6. The van der Waals surface area contributed by atoms with Crippen LogP contribution in [0.25, 0.3) is 0 Å². The lowest BCUT2D eigenvalue weighted by atomic mass is 9.97. The lowest BCUT2D eigenvalue weighted by Crippen LogP contribution is -2.61. The van der Waals surface area contributed by atoms with Gasteiger partial charge in [0.15, 0.2) is 5.75 Å². The van der Waals surface area contributed by atoms with Gasteiger partial charge in [-0.25, -0.2) is 0 Å². The van der Waals surface area contributed by atoms with Gasteiger partial charge in [0.05, 0.1) is 7.11 Å². The molecular weight excluding hydrogens is 266 g/mol. The number of nitrogens with one attached hydrogen (secondary N) is 1. The molecule has 116 valence electrons. The number of hydrogen-bond donors (Lipinski definition) is 1. The summed E-state index contributed by atoms with van der Waals surface area (Å²) in [6, 6.07) is 3.08. The molecule has 1 N–H and O–H groups in total.